The Morgan fingerprint density at radius 2 is 1.91 bits per heavy atom. The lowest BCUT2D eigenvalue weighted by molar-refractivity contribution is 0.0603. The lowest BCUT2D eigenvalue weighted by atomic mass is 9.92. The van der Waals surface area contributed by atoms with Crippen molar-refractivity contribution in [2.45, 2.75) is 52.3 Å². The number of alkyl halides is 1. The SMILES string of the molecule is CCCC(C(C)O)C(F)CC. The van der Waals surface area contributed by atoms with Crippen LogP contribution in [0.1, 0.15) is 40.0 Å². The second-order valence-electron chi connectivity index (χ2n) is 3.12. The van der Waals surface area contributed by atoms with Crippen molar-refractivity contribution in [1.82, 2.24) is 0 Å². The first-order chi connectivity index (χ1) is 5.13. The standard InChI is InChI=1S/C9H19FO/c1-4-6-8(7(3)11)9(10)5-2/h7-9,11H,4-6H2,1-3H3. The van der Waals surface area contributed by atoms with Crippen molar-refractivity contribution in [3.63, 3.8) is 0 Å². The molecule has 68 valence electrons. The largest absolute Gasteiger partial charge is 0.393 e. The molecule has 0 fully saturated rings. The number of rotatable bonds is 5. The van der Waals surface area contributed by atoms with Gasteiger partial charge in [0, 0.05) is 5.92 Å². The fourth-order valence-corrected chi connectivity index (χ4v) is 1.36. The van der Waals surface area contributed by atoms with Crippen LogP contribution in [0.5, 0.6) is 0 Å². The first kappa shape index (κ1) is 10.9. The molecule has 1 N–H and O–H groups in total. The highest BCUT2D eigenvalue weighted by atomic mass is 19.1. The lowest BCUT2D eigenvalue weighted by Gasteiger charge is -2.22. The van der Waals surface area contributed by atoms with E-state index >= 15 is 0 Å². The molecule has 3 atom stereocenters. The van der Waals surface area contributed by atoms with Gasteiger partial charge in [0.15, 0.2) is 0 Å². The van der Waals surface area contributed by atoms with E-state index in [1.807, 2.05) is 13.8 Å². The van der Waals surface area contributed by atoms with E-state index in [1.165, 1.54) is 0 Å². The molecule has 0 heterocycles. The predicted octanol–water partition coefficient (Wildman–Crippen LogP) is 2.53. The molecule has 0 aromatic rings. The minimum absolute atomic E-state index is 0.162. The maximum Gasteiger partial charge on any atom is 0.105 e. The van der Waals surface area contributed by atoms with E-state index in [0.717, 1.165) is 12.8 Å². The van der Waals surface area contributed by atoms with Crippen LogP contribution in [-0.2, 0) is 0 Å². The molecule has 0 radical (unpaired) electrons. The lowest BCUT2D eigenvalue weighted by Crippen LogP contribution is -2.26. The summed E-state index contributed by atoms with van der Waals surface area (Å²) in [5.74, 6) is -0.162. The third-order valence-electron chi connectivity index (χ3n) is 2.10. The topological polar surface area (TPSA) is 20.2 Å². The average Bonchev–Trinajstić information content (AvgIpc) is 1.98. The van der Waals surface area contributed by atoms with Crippen molar-refractivity contribution in [3.05, 3.63) is 0 Å². The number of aliphatic hydroxyl groups excluding tert-OH is 1. The van der Waals surface area contributed by atoms with Gasteiger partial charge in [0.1, 0.15) is 6.17 Å². The predicted molar refractivity (Wildman–Crippen MR) is 45.3 cm³/mol. The summed E-state index contributed by atoms with van der Waals surface area (Å²) in [5.41, 5.74) is 0. The number of halogens is 1. The third kappa shape index (κ3) is 3.71. The molecular weight excluding hydrogens is 143 g/mol. The highest BCUT2D eigenvalue weighted by Gasteiger charge is 2.22. The molecule has 0 aliphatic heterocycles. The average molecular weight is 162 g/mol. The van der Waals surface area contributed by atoms with Gasteiger partial charge in [-0.15, -0.1) is 0 Å². The van der Waals surface area contributed by atoms with Crippen LogP contribution in [0.4, 0.5) is 4.39 Å². The van der Waals surface area contributed by atoms with E-state index in [1.54, 1.807) is 6.92 Å². The zero-order chi connectivity index (χ0) is 8.85. The molecule has 0 spiro atoms. The molecule has 0 saturated carbocycles. The second kappa shape index (κ2) is 5.53. The summed E-state index contributed by atoms with van der Waals surface area (Å²) in [4.78, 5) is 0. The van der Waals surface area contributed by atoms with Gasteiger partial charge in [0.25, 0.3) is 0 Å². The summed E-state index contributed by atoms with van der Waals surface area (Å²) in [7, 11) is 0. The Bertz CT molecular complexity index is 93.6. The zero-order valence-corrected chi connectivity index (χ0v) is 7.68. The van der Waals surface area contributed by atoms with Crippen LogP contribution in [-0.4, -0.2) is 17.4 Å². The van der Waals surface area contributed by atoms with Crippen molar-refractivity contribution in [2.75, 3.05) is 0 Å². The maximum atomic E-state index is 13.1. The van der Waals surface area contributed by atoms with Crippen molar-refractivity contribution in [3.8, 4) is 0 Å². The summed E-state index contributed by atoms with van der Waals surface area (Å²) in [6.07, 6.45) is 0.887. The van der Waals surface area contributed by atoms with Gasteiger partial charge in [0.2, 0.25) is 0 Å². The molecule has 3 unspecified atom stereocenters. The highest BCUT2D eigenvalue weighted by Crippen LogP contribution is 2.20. The van der Waals surface area contributed by atoms with Crippen molar-refractivity contribution >= 4 is 0 Å². The van der Waals surface area contributed by atoms with E-state index in [9.17, 15) is 9.50 Å². The van der Waals surface area contributed by atoms with Crippen molar-refractivity contribution < 1.29 is 9.50 Å². The van der Waals surface area contributed by atoms with Gasteiger partial charge in [-0.25, -0.2) is 4.39 Å². The molecule has 0 aromatic carbocycles. The zero-order valence-electron chi connectivity index (χ0n) is 7.68. The first-order valence-electron chi connectivity index (χ1n) is 4.45. The smallest absolute Gasteiger partial charge is 0.105 e. The number of hydrogen-bond donors (Lipinski definition) is 1. The fourth-order valence-electron chi connectivity index (χ4n) is 1.36. The van der Waals surface area contributed by atoms with Crippen LogP contribution in [0.2, 0.25) is 0 Å². The van der Waals surface area contributed by atoms with Crippen LogP contribution >= 0.6 is 0 Å². The van der Waals surface area contributed by atoms with E-state index in [4.69, 9.17) is 0 Å². The van der Waals surface area contributed by atoms with Gasteiger partial charge >= 0.3 is 0 Å². The normalized spacial score (nSPS) is 19.4. The summed E-state index contributed by atoms with van der Waals surface area (Å²) < 4.78 is 13.1. The Morgan fingerprint density at radius 1 is 1.36 bits per heavy atom. The molecule has 0 bridgehead atoms. The van der Waals surface area contributed by atoms with Gasteiger partial charge in [-0.05, 0) is 19.8 Å². The van der Waals surface area contributed by atoms with Crippen LogP contribution in [0.15, 0.2) is 0 Å². The number of hydrogen-bond acceptors (Lipinski definition) is 1. The monoisotopic (exact) mass is 162 g/mol. The molecule has 0 aliphatic rings. The minimum atomic E-state index is -0.838. The molecule has 0 aromatic heterocycles. The van der Waals surface area contributed by atoms with E-state index in [0.29, 0.717) is 6.42 Å². The van der Waals surface area contributed by atoms with Crippen LogP contribution in [0.3, 0.4) is 0 Å². The summed E-state index contributed by atoms with van der Waals surface area (Å²) in [6, 6.07) is 0. The Balaban J connectivity index is 3.87. The molecule has 2 heteroatoms. The summed E-state index contributed by atoms with van der Waals surface area (Å²) >= 11 is 0. The van der Waals surface area contributed by atoms with Crippen molar-refractivity contribution in [2.24, 2.45) is 5.92 Å². The Labute approximate surface area is 68.6 Å². The van der Waals surface area contributed by atoms with E-state index in [-0.39, 0.29) is 5.92 Å². The molecular formula is C9H19FO. The summed E-state index contributed by atoms with van der Waals surface area (Å²) in [5, 5.41) is 9.20. The minimum Gasteiger partial charge on any atom is -0.393 e. The molecule has 0 rings (SSSR count). The Morgan fingerprint density at radius 3 is 2.18 bits per heavy atom. The second-order valence-corrected chi connectivity index (χ2v) is 3.12. The Kier molecular flexibility index (Phi) is 5.47. The Hall–Kier alpha value is -0.110. The van der Waals surface area contributed by atoms with Crippen molar-refractivity contribution in [1.29, 1.82) is 0 Å². The highest BCUT2D eigenvalue weighted by molar-refractivity contribution is 4.72. The van der Waals surface area contributed by atoms with Gasteiger partial charge in [-0.3, -0.25) is 0 Å². The van der Waals surface area contributed by atoms with Gasteiger partial charge < -0.3 is 5.11 Å². The molecule has 1 nitrogen and oxygen atoms in total. The molecule has 11 heavy (non-hydrogen) atoms. The summed E-state index contributed by atoms with van der Waals surface area (Å²) in [6.45, 7) is 5.50. The molecule has 0 saturated heterocycles. The third-order valence-corrected chi connectivity index (χ3v) is 2.10. The van der Waals surface area contributed by atoms with Crippen LogP contribution in [0, 0.1) is 5.92 Å². The molecule has 0 aliphatic carbocycles. The fraction of sp³-hybridized carbons (Fsp3) is 1.00. The van der Waals surface area contributed by atoms with Gasteiger partial charge in [-0.1, -0.05) is 20.3 Å². The van der Waals surface area contributed by atoms with Gasteiger partial charge in [-0.2, -0.15) is 0 Å². The number of aliphatic hydroxyl groups is 1. The van der Waals surface area contributed by atoms with E-state index in [2.05, 4.69) is 0 Å². The molecule has 0 amide bonds. The van der Waals surface area contributed by atoms with E-state index < -0.39 is 12.3 Å². The van der Waals surface area contributed by atoms with Crippen LogP contribution in [0.25, 0.3) is 0 Å². The van der Waals surface area contributed by atoms with Crippen LogP contribution < -0.4 is 0 Å². The first-order valence-corrected chi connectivity index (χ1v) is 4.45. The van der Waals surface area contributed by atoms with Gasteiger partial charge in [0.05, 0.1) is 6.10 Å². The quantitative estimate of drug-likeness (QED) is 0.658. The maximum absolute atomic E-state index is 13.1.